The molecular weight excluding hydrogens is 272 g/mol. The molecule has 1 aliphatic heterocycles. The van der Waals surface area contributed by atoms with Gasteiger partial charge in [0.05, 0.1) is 18.6 Å². The van der Waals surface area contributed by atoms with Gasteiger partial charge >= 0.3 is 12.0 Å². The molecule has 6 nitrogen and oxygen atoms in total. The normalized spacial score (nSPS) is 27.8. The monoisotopic (exact) mass is 298 g/mol. The van der Waals surface area contributed by atoms with Crippen molar-refractivity contribution in [2.75, 3.05) is 26.7 Å². The van der Waals surface area contributed by atoms with Crippen molar-refractivity contribution >= 4 is 12.0 Å². The maximum atomic E-state index is 12.3. The summed E-state index contributed by atoms with van der Waals surface area (Å²) in [5.74, 6) is -0.783. The second kappa shape index (κ2) is 6.22. The van der Waals surface area contributed by atoms with Gasteiger partial charge in [-0.15, -0.1) is 0 Å². The Morgan fingerprint density at radius 2 is 2.00 bits per heavy atom. The Labute approximate surface area is 125 Å². The molecule has 6 heteroatoms. The van der Waals surface area contributed by atoms with Crippen LogP contribution in [0.25, 0.3) is 0 Å². The van der Waals surface area contributed by atoms with Crippen molar-refractivity contribution < 1.29 is 19.4 Å². The number of likely N-dealkylation sites (tertiary alicyclic amines) is 1. The van der Waals surface area contributed by atoms with E-state index < -0.39 is 5.97 Å². The quantitative estimate of drug-likeness (QED) is 0.812. The number of carbonyl (C=O) groups is 2. The number of rotatable bonds is 5. The van der Waals surface area contributed by atoms with Crippen LogP contribution in [0.15, 0.2) is 0 Å². The zero-order valence-electron chi connectivity index (χ0n) is 13.0. The predicted molar refractivity (Wildman–Crippen MR) is 78.2 cm³/mol. The first kappa shape index (κ1) is 16.1. The highest BCUT2D eigenvalue weighted by Gasteiger charge is 2.40. The molecule has 2 aliphatic rings. The van der Waals surface area contributed by atoms with Crippen LogP contribution in [0, 0.1) is 5.41 Å². The Kier molecular flexibility index (Phi) is 4.76. The topological polar surface area (TPSA) is 78.9 Å². The number of carboxylic acids is 1. The zero-order chi connectivity index (χ0) is 15.5. The minimum atomic E-state index is -0.783. The van der Waals surface area contributed by atoms with E-state index in [4.69, 9.17) is 9.84 Å². The molecule has 2 N–H and O–H groups in total. The van der Waals surface area contributed by atoms with Crippen LogP contribution in [0.4, 0.5) is 4.79 Å². The number of nitrogens with zero attached hydrogens (tertiary/aromatic N) is 1. The van der Waals surface area contributed by atoms with Gasteiger partial charge < -0.3 is 20.1 Å². The lowest BCUT2D eigenvalue weighted by atomic mass is 9.66. The van der Waals surface area contributed by atoms with Gasteiger partial charge in [-0.25, -0.2) is 4.79 Å². The van der Waals surface area contributed by atoms with Gasteiger partial charge in [-0.1, -0.05) is 6.42 Å². The van der Waals surface area contributed by atoms with E-state index in [9.17, 15) is 9.59 Å². The molecule has 0 radical (unpaired) electrons. The van der Waals surface area contributed by atoms with Gasteiger partial charge in [-0.3, -0.25) is 4.79 Å². The summed E-state index contributed by atoms with van der Waals surface area (Å²) >= 11 is 0. The number of methoxy groups -OCH3 is 1. The zero-order valence-corrected chi connectivity index (χ0v) is 13.0. The fraction of sp³-hybridized carbons (Fsp3) is 0.867. The number of urea groups is 1. The number of hydrogen-bond acceptors (Lipinski definition) is 3. The average Bonchev–Trinajstić information content (AvgIpc) is 2.41. The lowest BCUT2D eigenvalue weighted by Crippen LogP contribution is -2.54. The highest BCUT2D eigenvalue weighted by Crippen LogP contribution is 2.43. The molecule has 0 aromatic heterocycles. The first-order valence-electron chi connectivity index (χ1n) is 7.68. The van der Waals surface area contributed by atoms with Crippen molar-refractivity contribution in [3.8, 4) is 0 Å². The molecule has 2 rings (SSSR count). The summed E-state index contributed by atoms with van der Waals surface area (Å²) in [4.78, 5) is 25.0. The smallest absolute Gasteiger partial charge is 0.317 e. The van der Waals surface area contributed by atoms with Gasteiger partial charge in [0.25, 0.3) is 0 Å². The molecule has 21 heavy (non-hydrogen) atoms. The number of carboxylic acid groups (broad SMARTS) is 1. The summed E-state index contributed by atoms with van der Waals surface area (Å²) in [6, 6.07) is -0.102. The molecule has 1 atom stereocenters. The van der Waals surface area contributed by atoms with Crippen LogP contribution in [0.2, 0.25) is 0 Å². The molecule has 0 spiro atoms. The van der Waals surface area contributed by atoms with Crippen molar-refractivity contribution in [3.63, 3.8) is 0 Å². The molecule has 0 aromatic rings. The second-order valence-electron chi connectivity index (χ2n) is 6.76. The van der Waals surface area contributed by atoms with Gasteiger partial charge in [0.2, 0.25) is 0 Å². The van der Waals surface area contributed by atoms with Gasteiger partial charge in [0.15, 0.2) is 0 Å². The fourth-order valence-electron chi connectivity index (χ4n) is 3.33. The molecule has 1 unspecified atom stereocenters. The highest BCUT2D eigenvalue weighted by molar-refractivity contribution is 5.74. The van der Waals surface area contributed by atoms with Gasteiger partial charge in [-0.05, 0) is 38.0 Å². The Morgan fingerprint density at radius 1 is 1.29 bits per heavy atom. The van der Waals surface area contributed by atoms with E-state index in [0.717, 1.165) is 38.6 Å². The number of aliphatic carboxylic acids is 1. The minimum absolute atomic E-state index is 0.102. The highest BCUT2D eigenvalue weighted by atomic mass is 16.5. The predicted octanol–water partition coefficient (Wildman–Crippen LogP) is 1.84. The van der Waals surface area contributed by atoms with Gasteiger partial charge in [0.1, 0.15) is 0 Å². The molecule has 0 aromatic carbocycles. The minimum Gasteiger partial charge on any atom is -0.481 e. The maximum Gasteiger partial charge on any atom is 0.317 e. The first-order chi connectivity index (χ1) is 9.88. The van der Waals surface area contributed by atoms with Gasteiger partial charge in [0, 0.05) is 20.2 Å². The van der Waals surface area contributed by atoms with E-state index in [-0.39, 0.29) is 23.5 Å². The van der Waals surface area contributed by atoms with Crippen LogP contribution in [-0.4, -0.2) is 54.4 Å². The van der Waals surface area contributed by atoms with Crippen LogP contribution < -0.4 is 5.32 Å². The Hall–Kier alpha value is -1.30. The second-order valence-corrected chi connectivity index (χ2v) is 6.76. The van der Waals surface area contributed by atoms with Crippen LogP contribution in [0.1, 0.15) is 45.4 Å². The Balaban J connectivity index is 1.85. The van der Waals surface area contributed by atoms with E-state index in [1.54, 1.807) is 12.0 Å². The molecular formula is C15H26N2O4. The molecule has 1 heterocycles. The summed E-state index contributed by atoms with van der Waals surface area (Å²) in [5.41, 5.74) is -0.507. The Morgan fingerprint density at radius 3 is 2.52 bits per heavy atom. The lowest BCUT2D eigenvalue weighted by Gasteiger charge is -2.43. The molecule has 1 aliphatic carbocycles. The third-order valence-corrected chi connectivity index (χ3v) is 4.99. The fourth-order valence-corrected chi connectivity index (χ4v) is 3.33. The van der Waals surface area contributed by atoms with E-state index in [1.165, 1.54) is 0 Å². The average molecular weight is 298 g/mol. The third-order valence-electron chi connectivity index (χ3n) is 4.99. The summed E-state index contributed by atoms with van der Waals surface area (Å²) in [5, 5.41) is 11.9. The number of nitrogens with one attached hydrogen (secondary N) is 1. The van der Waals surface area contributed by atoms with Crippen LogP contribution in [0.3, 0.4) is 0 Å². The van der Waals surface area contributed by atoms with Crippen molar-refractivity contribution in [3.05, 3.63) is 0 Å². The van der Waals surface area contributed by atoms with Crippen LogP contribution in [-0.2, 0) is 9.53 Å². The molecule has 0 bridgehead atoms. The number of hydrogen-bond donors (Lipinski definition) is 2. The van der Waals surface area contributed by atoms with E-state index in [1.807, 2.05) is 6.92 Å². The van der Waals surface area contributed by atoms with Crippen LogP contribution >= 0.6 is 0 Å². The summed E-state index contributed by atoms with van der Waals surface area (Å²) in [6.07, 6.45) is 4.84. The molecule has 2 amide bonds. The Bertz CT molecular complexity index is 408. The van der Waals surface area contributed by atoms with E-state index in [2.05, 4.69) is 5.32 Å². The summed E-state index contributed by atoms with van der Waals surface area (Å²) in [6.45, 7) is 3.79. The lowest BCUT2D eigenvalue weighted by molar-refractivity contribution is -0.141. The molecule has 120 valence electrons. The van der Waals surface area contributed by atoms with Crippen LogP contribution in [0.5, 0.6) is 0 Å². The van der Waals surface area contributed by atoms with E-state index >= 15 is 0 Å². The van der Waals surface area contributed by atoms with E-state index in [0.29, 0.717) is 13.1 Å². The van der Waals surface area contributed by atoms with Gasteiger partial charge in [-0.2, -0.15) is 0 Å². The number of ether oxygens (including phenoxy) is 1. The molecule has 1 saturated carbocycles. The van der Waals surface area contributed by atoms with Crippen molar-refractivity contribution in [1.82, 2.24) is 10.2 Å². The summed E-state index contributed by atoms with van der Waals surface area (Å²) < 4.78 is 5.49. The third kappa shape index (κ3) is 3.87. The summed E-state index contributed by atoms with van der Waals surface area (Å²) in [7, 11) is 1.68. The van der Waals surface area contributed by atoms with Crippen molar-refractivity contribution in [2.45, 2.75) is 51.0 Å². The van der Waals surface area contributed by atoms with Crippen molar-refractivity contribution in [2.24, 2.45) is 5.41 Å². The van der Waals surface area contributed by atoms with Crippen molar-refractivity contribution in [1.29, 1.82) is 0 Å². The number of piperidine rings is 1. The largest absolute Gasteiger partial charge is 0.481 e. The standard InChI is InChI=1S/C15H26N2O4/c1-14(21-2)5-4-8-17(11-14)13(20)16-10-15(6-3-7-15)9-12(18)19/h3-11H2,1-2H3,(H,16,20)(H,18,19). The number of amides is 2. The maximum absolute atomic E-state index is 12.3. The number of carbonyl (C=O) groups excluding carboxylic acids is 1. The molecule has 2 fully saturated rings. The molecule has 1 saturated heterocycles. The SMILES string of the molecule is COC1(C)CCCN(C(=O)NCC2(CC(=O)O)CCC2)C1. The first-order valence-corrected chi connectivity index (χ1v) is 7.68.